The van der Waals surface area contributed by atoms with E-state index in [4.69, 9.17) is 0 Å². The van der Waals surface area contributed by atoms with Crippen LogP contribution in [0.2, 0.25) is 0 Å². The molecule has 2 rings (SSSR count). The summed E-state index contributed by atoms with van der Waals surface area (Å²) >= 11 is 0. The average Bonchev–Trinajstić information content (AvgIpc) is 2.45. The summed E-state index contributed by atoms with van der Waals surface area (Å²) < 4.78 is -0.652. The number of benzene rings is 1. The van der Waals surface area contributed by atoms with Gasteiger partial charge >= 0.3 is 0 Å². The van der Waals surface area contributed by atoms with Gasteiger partial charge in [-0.15, -0.1) is 0 Å². The predicted molar refractivity (Wildman–Crippen MR) is 82.5 cm³/mol. The van der Waals surface area contributed by atoms with E-state index in [9.17, 15) is 14.8 Å². The molecule has 1 aliphatic heterocycles. The quantitative estimate of drug-likeness (QED) is 0.496. The van der Waals surface area contributed by atoms with Gasteiger partial charge in [0.1, 0.15) is 18.5 Å². The Morgan fingerprint density at radius 1 is 1.48 bits per heavy atom. The molecule has 21 heavy (non-hydrogen) atoms. The van der Waals surface area contributed by atoms with E-state index in [1.165, 1.54) is 12.6 Å². The number of rotatable bonds is 6. The van der Waals surface area contributed by atoms with Gasteiger partial charge in [0, 0.05) is 26.0 Å². The van der Waals surface area contributed by atoms with Crippen molar-refractivity contribution >= 4 is 17.9 Å². The number of likely N-dealkylation sites (N-methyl/N-ethyl adjacent to an activating group) is 1. The van der Waals surface area contributed by atoms with Crippen LogP contribution in [0, 0.1) is 5.21 Å². The van der Waals surface area contributed by atoms with Crippen molar-refractivity contribution in [3.8, 4) is 0 Å². The molecule has 0 saturated heterocycles. The van der Waals surface area contributed by atoms with Crippen molar-refractivity contribution in [1.82, 2.24) is 9.96 Å². The van der Waals surface area contributed by atoms with Crippen LogP contribution < -0.4 is 9.96 Å². The average molecular weight is 290 g/mol. The van der Waals surface area contributed by atoms with Crippen LogP contribution in [0.3, 0.4) is 0 Å². The molecule has 1 aliphatic rings. The van der Waals surface area contributed by atoms with Crippen LogP contribution in [0.5, 0.6) is 0 Å². The van der Waals surface area contributed by atoms with Crippen molar-refractivity contribution in [1.29, 1.82) is 0 Å². The van der Waals surface area contributed by atoms with Gasteiger partial charge in [-0.2, -0.15) is 0 Å². The standard InChI is InChI=1S/C16H22N2O3/c1-11(2)12-6-7-14-13(9-12)10-18(14,21)15(5-4-8-19)16(20)17-3/h6-9,11,15H,4-5,10H2,1-3H3,(H,17,20). The number of amides is 1. The van der Waals surface area contributed by atoms with E-state index >= 15 is 0 Å². The lowest BCUT2D eigenvalue weighted by molar-refractivity contribution is -0.125. The maximum absolute atomic E-state index is 13.0. The second-order valence-corrected chi connectivity index (χ2v) is 5.87. The summed E-state index contributed by atoms with van der Waals surface area (Å²) in [5.74, 6) is 0.111. The maximum Gasteiger partial charge on any atom is 0.278 e. The first-order valence-electron chi connectivity index (χ1n) is 7.31. The second-order valence-electron chi connectivity index (χ2n) is 5.87. The lowest BCUT2D eigenvalue weighted by Crippen LogP contribution is -2.62. The van der Waals surface area contributed by atoms with E-state index < -0.39 is 10.7 Å². The monoisotopic (exact) mass is 290 g/mol. The van der Waals surface area contributed by atoms with Crippen LogP contribution in [0.1, 0.15) is 43.7 Å². The molecule has 0 fully saturated rings. The van der Waals surface area contributed by atoms with Crippen molar-refractivity contribution in [2.24, 2.45) is 0 Å². The van der Waals surface area contributed by atoms with E-state index in [0.717, 1.165) is 11.8 Å². The zero-order chi connectivity index (χ0) is 15.6. The molecule has 1 N–H and O–H groups in total. The van der Waals surface area contributed by atoms with Crippen LogP contribution in [0.4, 0.5) is 5.69 Å². The Balaban J connectivity index is 2.29. The fraction of sp³-hybridized carbons (Fsp3) is 0.500. The number of nitrogens with zero attached hydrogens (tertiary/aromatic N) is 1. The minimum atomic E-state index is -0.752. The highest BCUT2D eigenvalue weighted by Crippen LogP contribution is 2.43. The zero-order valence-electron chi connectivity index (χ0n) is 12.8. The first-order valence-corrected chi connectivity index (χ1v) is 7.31. The Labute approximate surface area is 125 Å². The van der Waals surface area contributed by atoms with E-state index in [1.807, 2.05) is 12.1 Å². The molecule has 0 bridgehead atoms. The van der Waals surface area contributed by atoms with Gasteiger partial charge in [-0.3, -0.25) is 4.79 Å². The highest BCUT2D eigenvalue weighted by atomic mass is 16.6. The minimum Gasteiger partial charge on any atom is -0.627 e. The molecule has 1 aromatic rings. The fourth-order valence-electron chi connectivity index (χ4n) is 2.91. The normalized spacial score (nSPS) is 21.4. The Morgan fingerprint density at radius 3 is 2.71 bits per heavy atom. The number of aldehydes is 1. The summed E-state index contributed by atoms with van der Waals surface area (Å²) in [5.41, 5.74) is 2.86. The van der Waals surface area contributed by atoms with Crippen molar-refractivity contribution in [3.63, 3.8) is 0 Å². The Bertz CT molecular complexity index is 556. The number of fused-ring (bicyclic) bond motifs is 1. The molecular formula is C16H22N2O3. The molecule has 2 atom stereocenters. The minimum absolute atomic E-state index is 0.222. The molecule has 0 spiro atoms. The maximum atomic E-state index is 13.0. The number of carbonyl (C=O) groups is 2. The van der Waals surface area contributed by atoms with E-state index in [1.54, 1.807) is 0 Å². The van der Waals surface area contributed by atoms with Crippen molar-refractivity contribution in [2.45, 2.75) is 45.2 Å². The molecule has 0 radical (unpaired) electrons. The Kier molecular flexibility index (Phi) is 4.44. The number of hydrogen-bond acceptors (Lipinski definition) is 3. The van der Waals surface area contributed by atoms with Gasteiger partial charge in [-0.25, -0.2) is 0 Å². The summed E-state index contributed by atoms with van der Waals surface area (Å²) in [6, 6.07) is 5.08. The molecule has 0 saturated carbocycles. The van der Waals surface area contributed by atoms with E-state index in [-0.39, 0.29) is 18.7 Å². The van der Waals surface area contributed by atoms with Crippen LogP contribution in [0.25, 0.3) is 0 Å². The molecule has 1 aromatic carbocycles. The molecule has 0 aliphatic carbocycles. The highest BCUT2D eigenvalue weighted by Gasteiger charge is 2.45. The molecule has 2 unspecified atom stereocenters. The smallest absolute Gasteiger partial charge is 0.278 e. The van der Waals surface area contributed by atoms with Gasteiger partial charge in [0.2, 0.25) is 0 Å². The SMILES string of the molecule is CNC(=O)C(CCC=O)[N+]1([O-])Cc2cc(C(C)C)ccc21. The van der Waals surface area contributed by atoms with Crippen LogP contribution in [0.15, 0.2) is 18.2 Å². The molecular weight excluding hydrogens is 268 g/mol. The summed E-state index contributed by atoms with van der Waals surface area (Å²) in [5, 5.41) is 15.6. The summed E-state index contributed by atoms with van der Waals surface area (Å²) in [6.45, 7) is 4.51. The molecule has 5 heteroatoms. The number of quaternary nitrogens is 1. The summed E-state index contributed by atoms with van der Waals surface area (Å²) in [7, 11) is 1.52. The van der Waals surface area contributed by atoms with Crippen molar-refractivity contribution in [2.75, 3.05) is 7.05 Å². The van der Waals surface area contributed by atoms with Crippen LogP contribution >= 0.6 is 0 Å². The zero-order valence-corrected chi connectivity index (χ0v) is 12.8. The lowest BCUT2D eigenvalue weighted by Gasteiger charge is -2.54. The van der Waals surface area contributed by atoms with Crippen molar-refractivity contribution in [3.05, 3.63) is 34.5 Å². The Hall–Kier alpha value is -1.72. The van der Waals surface area contributed by atoms with Gasteiger partial charge < -0.3 is 20.0 Å². The fourth-order valence-corrected chi connectivity index (χ4v) is 2.91. The van der Waals surface area contributed by atoms with Gasteiger partial charge in [0.25, 0.3) is 5.91 Å². The van der Waals surface area contributed by atoms with Crippen molar-refractivity contribution < 1.29 is 9.59 Å². The Morgan fingerprint density at radius 2 is 2.19 bits per heavy atom. The van der Waals surface area contributed by atoms with E-state index in [0.29, 0.717) is 18.2 Å². The second kappa shape index (κ2) is 5.95. The molecule has 1 amide bonds. The molecule has 114 valence electrons. The third-order valence-corrected chi connectivity index (χ3v) is 4.19. The predicted octanol–water partition coefficient (Wildman–Crippen LogP) is 2.22. The third kappa shape index (κ3) is 2.71. The number of carbonyl (C=O) groups excluding carboxylic acids is 2. The lowest BCUT2D eigenvalue weighted by atomic mass is 9.92. The first-order chi connectivity index (χ1) is 9.93. The highest BCUT2D eigenvalue weighted by molar-refractivity contribution is 5.85. The summed E-state index contributed by atoms with van der Waals surface area (Å²) in [6.07, 6.45) is 1.25. The van der Waals surface area contributed by atoms with Crippen LogP contribution in [-0.4, -0.2) is 25.3 Å². The van der Waals surface area contributed by atoms with Gasteiger partial charge in [0.15, 0.2) is 6.04 Å². The molecule has 5 nitrogen and oxygen atoms in total. The van der Waals surface area contributed by atoms with Crippen LogP contribution in [-0.2, 0) is 16.1 Å². The number of hydroxylamine groups is 2. The van der Waals surface area contributed by atoms with Gasteiger partial charge in [-0.05, 0) is 17.5 Å². The molecule has 1 heterocycles. The topological polar surface area (TPSA) is 69.2 Å². The number of hydrogen-bond donors (Lipinski definition) is 1. The largest absolute Gasteiger partial charge is 0.627 e. The van der Waals surface area contributed by atoms with Gasteiger partial charge in [0.05, 0.1) is 5.56 Å². The van der Waals surface area contributed by atoms with Gasteiger partial charge in [-0.1, -0.05) is 19.9 Å². The first kappa shape index (κ1) is 15.7. The summed E-state index contributed by atoms with van der Waals surface area (Å²) in [4.78, 5) is 22.6. The number of nitrogens with one attached hydrogen (secondary N) is 1. The molecule has 0 aromatic heterocycles. The van der Waals surface area contributed by atoms with E-state index in [2.05, 4.69) is 25.2 Å². The third-order valence-electron chi connectivity index (χ3n) is 4.19.